The fourth-order valence-corrected chi connectivity index (χ4v) is 1.78. The van der Waals surface area contributed by atoms with Crippen molar-refractivity contribution in [3.8, 4) is 11.5 Å². The summed E-state index contributed by atoms with van der Waals surface area (Å²) in [6.45, 7) is 4.88. The number of benzene rings is 1. The zero-order chi connectivity index (χ0) is 13.0. The molecule has 0 amide bonds. The van der Waals surface area contributed by atoms with Gasteiger partial charge >= 0.3 is 0 Å². The van der Waals surface area contributed by atoms with E-state index in [2.05, 4.69) is 29.4 Å². The van der Waals surface area contributed by atoms with E-state index in [4.69, 9.17) is 4.74 Å². The van der Waals surface area contributed by atoms with E-state index in [1.165, 1.54) is 5.56 Å². The van der Waals surface area contributed by atoms with E-state index < -0.39 is 0 Å². The van der Waals surface area contributed by atoms with Crippen LogP contribution in [0.15, 0.2) is 36.5 Å². The minimum Gasteiger partial charge on any atom is -0.455 e. The Morgan fingerprint density at radius 2 is 2.00 bits per heavy atom. The normalized spacial score (nSPS) is 10.4. The van der Waals surface area contributed by atoms with Gasteiger partial charge in [-0.25, -0.2) is 0 Å². The van der Waals surface area contributed by atoms with Crippen molar-refractivity contribution in [2.24, 2.45) is 0 Å². The van der Waals surface area contributed by atoms with Gasteiger partial charge in [-0.3, -0.25) is 4.98 Å². The number of ether oxygens (including phenoxy) is 1. The molecule has 1 heterocycles. The summed E-state index contributed by atoms with van der Waals surface area (Å²) in [5, 5.41) is 3.14. The molecule has 1 aromatic carbocycles. The molecule has 94 valence electrons. The zero-order valence-corrected chi connectivity index (χ0v) is 11.0. The highest BCUT2D eigenvalue weighted by molar-refractivity contribution is 5.39. The van der Waals surface area contributed by atoms with E-state index in [1.54, 1.807) is 6.20 Å². The topological polar surface area (TPSA) is 34.1 Å². The third kappa shape index (κ3) is 3.08. The average molecular weight is 242 g/mol. The molecule has 0 spiro atoms. The molecule has 18 heavy (non-hydrogen) atoms. The second-order valence-electron chi connectivity index (χ2n) is 4.37. The van der Waals surface area contributed by atoms with Crippen LogP contribution in [-0.4, -0.2) is 12.0 Å². The molecule has 0 aliphatic rings. The molecule has 0 saturated carbocycles. The van der Waals surface area contributed by atoms with Crippen molar-refractivity contribution in [3.63, 3.8) is 0 Å². The van der Waals surface area contributed by atoms with Crippen molar-refractivity contribution in [3.05, 3.63) is 53.3 Å². The minimum atomic E-state index is 0.769. The number of hydrogen-bond donors (Lipinski definition) is 1. The Morgan fingerprint density at radius 1 is 1.17 bits per heavy atom. The van der Waals surface area contributed by atoms with Gasteiger partial charge in [-0.1, -0.05) is 12.1 Å². The summed E-state index contributed by atoms with van der Waals surface area (Å²) >= 11 is 0. The van der Waals surface area contributed by atoms with Crippen molar-refractivity contribution < 1.29 is 4.74 Å². The lowest BCUT2D eigenvalue weighted by Gasteiger charge is -2.10. The van der Waals surface area contributed by atoms with E-state index >= 15 is 0 Å². The van der Waals surface area contributed by atoms with Gasteiger partial charge < -0.3 is 10.1 Å². The number of aryl methyl sites for hydroxylation is 2. The quantitative estimate of drug-likeness (QED) is 0.894. The third-order valence-electron chi connectivity index (χ3n) is 2.73. The molecule has 1 N–H and O–H groups in total. The minimum absolute atomic E-state index is 0.769. The SMILES string of the molecule is CNCc1ccc(Oc2ccc(C)nc2)c(C)c1. The van der Waals surface area contributed by atoms with Gasteiger partial charge in [-0.15, -0.1) is 0 Å². The molecule has 1 aromatic heterocycles. The van der Waals surface area contributed by atoms with E-state index in [9.17, 15) is 0 Å². The summed E-state index contributed by atoms with van der Waals surface area (Å²) in [4.78, 5) is 4.22. The smallest absolute Gasteiger partial charge is 0.145 e. The van der Waals surface area contributed by atoms with Crippen LogP contribution in [0.1, 0.15) is 16.8 Å². The molecule has 0 saturated heterocycles. The van der Waals surface area contributed by atoms with Gasteiger partial charge in [0.15, 0.2) is 0 Å². The third-order valence-corrected chi connectivity index (χ3v) is 2.73. The lowest BCUT2D eigenvalue weighted by Crippen LogP contribution is -2.05. The molecule has 2 aromatic rings. The Labute approximate surface area is 108 Å². The Kier molecular flexibility index (Phi) is 3.95. The van der Waals surface area contributed by atoms with Crippen molar-refractivity contribution in [1.29, 1.82) is 0 Å². The van der Waals surface area contributed by atoms with Crippen LogP contribution in [0.5, 0.6) is 11.5 Å². The maximum atomic E-state index is 5.81. The largest absolute Gasteiger partial charge is 0.455 e. The van der Waals surface area contributed by atoms with Gasteiger partial charge in [0.1, 0.15) is 11.5 Å². The average Bonchev–Trinajstić information content (AvgIpc) is 2.36. The molecule has 0 atom stereocenters. The highest BCUT2D eigenvalue weighted by atomic mass is 16.5. The Hall–Kier alpha value is -1.87. The van der Waals surface area contributed by atoms with Crippen LogP contribution >= 0.6 is 0 Å². The molecule has 3 nitrogen and oxygen atoms in total. The first kappa shape index (κ1) is 12.6. The lowest BCUT2D eigenvalue weighted by molar-refractivity contribution is 0.476. The molecular weight excluding hydrogens is 224 g/mol. The summed E-state index contributed by atoms with van der Waals surface area (Å²) in [6.07, 6.45) is 1.75. The van der Waals surface area contributed by atoms with Crippen molar-refractivity contribution >= 4 is 0 Å². The summed E-state index contributed by atoms with van der Waals surface area (Å²) in [5.41, 5.74) is 3.37. The fraction of sp³-hybridized carbons (Fsp3) is 0.267. The molecule has 0 fully saturated rings. The van der Waals surface area contributed by atoms with Crippen LogP contribution < -0.4 is 10.1 Å². The van der Waals surface area contributed by atoms with E-state index in [1.807, 2.05) is 32.2 Å². The van der Waals surface area contributed by atoms with Crippen LogP contribution in [0, 0.1) is 13.8 Å². The molecule has 0 bridgehead atoms. The highest BCUT2D eigenvalue weighted by Crippen LogP contribution is 2.25. The van der Waals surface area contributed by atoms with Gasteiger partial charge in [0.05, 0.1) is 6.20 Å². The lowest BCUT2D eigenvalue weighted by atomic mass is 10.1. The number of rotatable bonds is 4. The van der Waals surface area contributed by atoms with Gasteiger partial charge in [-0.05, 0) is 50.2 Å². The molecule has 2 rings (SSSR count). The highest BCUT2D eigenvalue weighted by Gasteiger charge is 2.03. The number of nitrogens with one attached hydrogen (secondary N) is 1. The molecule has 0 aliphatic carbocycles. The number of pyridine rings is 1. The van der Waals surface area contributed by atoms with Gasteiger partial charge in [0.25, 0.3) is 0 Å². The van der Waals surface area contributed by atoms with Crippen LogP contribution in [0.3, 0.4) is 0 Å². The summed E-state index contributed by atoms with van der Waals surface area (Å²) in [7, 11) is 1.94. The predicted octanol–water partition coefficient (Wildman–Crippen LogP) is 3.21. The standard InChI is InChI=1S/C15H18N2O/c1-11-8-13(9-16-3)5-7-15(11)18-14-6-4-12(2)17-10-14/h4-8,10,16H,9H2,1-3H3. The second kappa shape index (κ2) is 5.65. The molecule has 0 unspecified atom stereocenters. The van der Waals surface area contributed by atoms with Crippen LogP contribution in [0.25, 0.3) is 0 Å². The van der Waals surface area contributed by atoms with E-state index in [-0.39, 0.29) is 0 Å². The van der Waals surface area contributed by atoms with Crippen LogP contribution in [0.4, 0.5) is 0 Å². The fourth-order valence-electron chi connectivity index (χ4n) is 1.78. The van der Waals surface area contributed by atoms with Gasteiger partial charge in [0.2, 0.25) is 0 Å². The monoisotopic (exact) mass is 242 g/mol. The molecule has 0 aliphatic heterocycles. The zero-order valence-electron chi connectivity index (χ0n) is 11.0. The number of aromatic nitrogens is 1. The first-order valence-corrected chi connectivity index (χ1v) is 6.03. The summed E-state index contributed by atoms with van der Waals surface area (Å²) in [6, 6.07) is 10.1. The first-order chi connectivity index (χ1) is 8.69. The van der Waals surface area contributed by atoms with Gasteiger partial charge in [0, 0.05) is 12.2 Å². The maximum Gasteiger partial charge on any atom is 0.145 e. The first-order valence-electron chi connectivity index (χ1n) is 6.03. The maximum absolute atomic E-state index is 5.81. The van der Waals surface area contributed by atoms with Crippen molar-refractivity contribution in [1.82, 2.24) is 10.3 Å². The second-order valence-corrected chi connectivity index (χ2v) is 4.37. The Bertz CT molecular complexity index is 521. The van der Waals surface area contributed by atoms with Crippen LogP contribution in [-0.2, 0) is 6.54 Å². The number of nitrogens with zero attached hydrogens (tertiary/aromatic N) is 1. The summed E-state index contributed by atoms with van der Waals surface area (Å²) in [5.74, 6) is 1.64. The van der Waals surface area contributed by atoms with Crippen molar-refractivity contribution in [2.75, 3.05) is 7.05 Å². The van der Waals surface area contributed by atoms with Crippen molar-refractivity contribution in [2.45, 2.75) is 20.4 Å². The van der Waals surface area contributed by atoms with Gasteiger partial charge in [-0.2, -0.15) is 0 Å². The molecule has 0 radical (unpaired) electrons. The Morgan fingerprint density at radius 3 is 2.61 bits per heavy atom. The molecule has 3 heteroatoms. The van der Waals surface area contributed by atoms with Crippen LogP contribution in [0.2, 0.25) is 0 Å². The number of hydrogen-bond acceptors (Lipinski definition) is 3. The predicted molar refractivity (Wildman–Crippen MR) is 73.0 cm³/mol. The molecular formula is C15H18N2O. The van der Waals surface area contributed by atoms with E-state index in [0.29, 0.717) is 0 Å². The summed E-state index contributed by atoms with van der Waals surface area (Å²) < 4.78 is 5.81. The Balaban J connectivity index is 2.16. The van der Waals surface area contributed by atoms with E-state index in [0.717, 1.165) is 29.3 Å².